The molecule has 0 saturated carbocycles. The minimum absolute atomic E-state index is 0.0196. The Hall–Kier alpha value is -3.45. The quantitative estimate of drug-likeness (QED) is 0.513. The van der Waals surface area contributed by atoms with Gasteiger partial charge in [-0.15, -0.1) is 0 Å². The highest BCUT2D eigenvalue weighted by atomic mass is 19.1. The van der Waals surface area contributed by atoms with E-state index in [-0.39, 0.29) is 18.3 Å². The first-order chi connectivity index (χ1) is 14.4. The van der Waals surface area contributed by atoms with E-state index in [1.54, 1.807) is 29.1 Å². The van der Waals surface area contributed by atoms with Crippen molar-refractivity contribution in [2.75, 3.05) is 13.2 Å². The molecule has 3 heterocycles. The predicted molar refractivity (Wildman–Crippen MR) is 113 cm³/mol. The van der Waals surface area contributed by atoms with Crippen LogP contribution in [0.2, 0.25) is 0 Å². The van der Waals surface area contributed by atoms with Crippen LogP contribution in [-0.4, -0.2) is 38.3 Å². The van der Waals surface area contributed by atoms with Crippen LogP contribution in [0.3, 0.4) is 0 Å². The molecule has 0 spiro atoms. The third-order valence-electron chi connectivity index (χ3n) is 5.02. The third kappa shape index (κ3) is 3.97. The molecule has 4 rings (SSSR count). The number of hydrogen-bond acceptors (Lipinski definition) is 3. The zero-order valence-corrected chi connectivity index (χ0v) is 16.8. The van der Waals surface area contributed by atoms with Crippen molar-refractivity contribution in [3.05, 3.63) is 78.5 Å². The summed E-state index contributed by atoms with van der Waals surface area (Å²) in [5, 5.41) is 16.6. The van der Waals surface area contributed by atoms with Crippen LogP contribution < -0.4 is 5.32 Å². The Labute approximate surface area is 173 Å². The summed E-state index contributed by atoms with van der Waals surface area (Å²) in [4.78, 5) is 12.4. The molecule has 3 aromatic heterocycles. The van der Waals surface area contributed by atoms with Crippen LogP contribution in [0, 0.1) is 11.2 Å². The molecule has 0 saturated heterocycles. The topological polar surface area (TPSA) is 71.6 Å². The monoisotopic (exact) mass is 406 g/mol. The third-order valence-corrected chi connectivity index (χ3v) is 5.02. The molecule has 4 aromatic rings. The van der Waals surface area contributed by atoms with E-state index >= 15 is 0 Å². The van der Waals surface area contributed by atoms with Gasteiger partial charge in [0.05, 0.1) is 0 Å². The van der Waals surface area contributed by atoms with Gasteiger partial charge in [0, 0.05) is 36.5 Å². The Balaban J connectivity index is 1.61. The molecule has 7 heteroatoms. The van der Waals surface area contributed by atoms with Gasteiger partial charge in [0.15, 0.2) is 5.69 Å². The number of rotatable bonds is 6. The molecular formula is C23H23FN4O2. The van der Waals surface area contributed by atoms with Crippen molar-refractivity contribution in [1.82, 2.24) is 19.5 Å². The fraction of sp³-hybridized carbons (Fsp3) is 0.217. The van der Waals surface area contributed by atoms with Gasteiger partial charge in [-0.25, -0.2) is 9.07 Å². The highest BCUT2D eigenvalue weighted by Gasteiger charge is 2.19. The lowest BCUT2D eigenvalue weighted by atomic mass is 9.95. The summed E-state index contributed by atoms with van der Waals surface area (Å²) in [6, 6.07) is 15.9. The van der Waals surface area contributed by atoms with Crippen molar-refractivity contribution < 1.29 is 14.3 Å². The first kappa shape index (κ1) is 19.8. The molecule has 0 radical (unpaired) electrons. The molecule has 1 aromatic carbocycles. The van der Waals surface area contributed by atoms with E-state index in [1.165, 1.54) is 12.1 Å². The fourth-order valence-corrected chi connectivity index (χ4v) is 3.13. The molecule has 0 bridgehead atoms. The van der Waals surface area contributed by atoms with Gasteiger partial charge >= 0.3 is 0 Å². The van der Waals surface area contributed by atoms with E-state index in [0.29, 0.717) is 12.2 Å². The lowest BCUT2D eigenvalue weighted by Gasteiger charge is -2.21. The Bertz CT molecular complexity index is 1190. The number of aromatic nitrogens is 3. The lowest BCUT2D eigenvalue weighted by Crippen LogP contribution is -2.36. The predicted octanol–water partition coefficient (Wildman–Crippen LogP) is 3.68. The number of hydrogen-bond donors (Lipinski definition) is 2. The summed E-state index contributed by atoms with van der Waals surface area (Å²) < 4.78 is 16.9. The van der Waals surface area contributed by atoms with Crippen LogP contribution in [0.25, 0.3) is 22.5 Å². The SMILES string of the molecule is CC(C)(CO)CNC(=O)c1ccn(-c2ccc3ccc(-c4ccc(F)cc4)cn23)n1. The molecular weight excluding hydrogens is 383 g/mol. The van der Waals surface area contributed by atoms with E-state index in [4.69, 9.17) is 0 Å². The number of halogens is 1. The van der Waals surface area contributed by atoms with Crippen LogP contribution in [0.1, 0.15) is 24.3 Å². The second-order valence-corrected chi connectivity index (χ2v) is 8.06. The zero-order chi connectivity index (χ0) is 21.3. The van der Waals surface area contributed by atoms with Gasteiger partial charge in [-0.05, 0) is 47.5 Å². The van der Waals surface area contributed by atoms with Crippen LogP contribution in [0.4, 0.5) is 4.39 Å². The molecule has 0 aliphatic heterocycles. The highest BCUT2D eigenvalue weighted by molar-refractivity contribution is 5.92. The number of benzene rings is 1. The Morgan fingerprint density at radius 3 is 2.50 bits per heavy atom. The van der Waals surface area contributed by atoms with Crippen LogP contribution in [0.15, 0.2) is 67.0 Å². The number of aliphatic hydroxyl groups is 1. The second-order valence-electron chi connectivity index (χ2n) is 8.06. The first-order valence-corrected chi connectivity index (χ1v) is 9.68. The van der Waals surface area contributed by atoms with Crippen molar-refractivity contribution in [2.45, 2.75) is 13.8 Å². The Morgan fingerprint density at radius 1 is 1.07 bits per heavy atom. The maximum Gasteiger partial charge on any atom is 0.271 e. The summed E-state index contributed by atoms with van der Waals surface area (Å²) in [5.74, 6) is 0.220. The van der Waals surface area contributed by atoms with E-state index in [1.807, 2.05) is 48.7 Å². The van der Waals surface area contributed by atoms with Gasteiger partial charge in [0.25, 0.3) is 5.91 Å². The van der Waals surface area contributed by atoms with Crippen LogP contribution in [0.5, 0.6) is 0 Å². The highest BCUT2D eigenvalue weighted by Crippen LogP contribution is 2.23. The minimum Gasteiger partial charge on any atom is -0.396 e. The molecule has 0 unspecified atom stereocenters. The van der Waals surface area contributed by atoms with E-state index in [2.05, 4.69) is 10.4 Å². The number of fused-ring (bicyclic) bond motifs is 1. The lowest BCUT2D eigenvalue weighted by molar-refractivity contribution is 0.0905. The molecule has 30 heavy (non-hydrogen) atoms. The summed E-state index contributed by atoms with van der Waals surface area (Å²) in [6.45, 7) is 4.08. The molecule has 0 fully saturated rings. The Morgan fingerprint density at radius 2 is 1.77 bits per heavy atom. The molecule has 0 aliphatic rings. The molecule has 2 N–H and O–H groups in total. The fourth-order valence-electron chi connectivity index (χ4n) is 3.13. The number of amides is 1. The van der Waals surface area contributed by atoms with E-state index in [9.17, 15) is 14.3 Å². The van der Waals surface area contributed by atoms with Gasteiger partial charge in [0.2, 0.25) is 0 Å². The number of pyridine rings is 1. The normalized spacial score (nSPS) is 11.7. The number of carbonyl (C=O) groups is 1. The summed E-state index contributed by atoms with van der Waals surface area (Å²) >= 11 is 0. The average Bonchev–Trinajstić information content (AvgIpc) is 3.39. The summed E-state index contributed by atoms with van der Waals surface area (Å²) in [7, 11) is 0. The van der Waals surface area contributed by atoms with Crippen molar-refractivity contribution in [3.63, 3.8) is 0 Å². The van der Waals surface area contributed by atoms with E-state index in [0.717, 1.165) is 22.5 Å². The maximum atomic E-state index is 13.2. The van der Waals surface area contributed by atoms with Gasteiger partial charge in [0.1, 0.15) is 11.6 Å². The maximum absolute atomic E-state index is 13.2. The second kappa shape index (κ2) is 7.76. The zero-order valence-electron chi connectivity index (χ0n) is 16.8. The van der Waals surface area contributed by atoms with Crippen molar-refractivity contribution in [2.24, 2.45) is 5.41 Å². The van der Waals surface area contributed by atoms with Gasteiger partial charge in [-0.3, -0.25) is 4.79 Å². The van der Waals surface area contributed by atoms with Crippen LogP contribution in [-0.2, 0) is 0 Å². The minimum atomic E-state index is -0.396. The van der Waals surface area contributed by atoms with Gasteiger partial charge in [-0.2, -0.15) is 5.10 Å². The first-order valence-electron chi connectivity index (χ1n) is 9.68. The summed E-state index contributed by atoms with van der Waals surface area (Å²) in [5.41, 5.74) is 2.73. The van der Waals surface area contributed by atoms with Crippen molar-refractivity contribution in [1.29, 1.82) is 0 Å². The Kier molecular flexibility index (Phi) is 5.13. The summed E-state index contributed by atoms with van der Waals surface area (Å²) in [6.07, 6.45) is 3.70. The van der Waals surface area contributed by atoms with Crippen LogP contribution >= 0.6 is 0 Å². The molecule has 0 aliphatic carbocycles. The number of carbonyl (C=O) groups excluding carboxylic acids is 1. The largest absolute Gasteiger partial charge is 0.396 e. The van der Waals surface area contributed by atoms with Gasteiger partial charge in [-0.1, -0.05) is 32.0 Å². The smallest absolute Gasteiger partial charge is 0.271 e. The van der Waals surface area contributed by atoms with Crippen molar-refractivity contribution in [3.8, 4) is 16.9 Å². The number of nitrogens with zero attached hydrogens (tertiary/aromatic N) is 3. The number of nitrogens with one attached hydrogen (secondary N) is 1. The van der Waals surface area contributed by atoms with E-state index < -0.39 is 5.41 Å². The standard InChI is InChI=1S/C23H23FN4O2/c1-23(2,15-29)14-25-22(30)20-11-12-28(26-20)21-10-9-19-8-5-17(13-27(19)21)16-3-6-18(24)7-4-16/h3-13,29H,14-15H2,1-2H3,(H,25,30). The molecule has 1 amide bonds. The molecule has 0 atom stereocenters. The molecule has 6 nitrogen and oxygen atoms in total. The number of aliphatic hydroxyl groups excluding tert-OH is 1. The molecule has 154 valence electrons. The average molecular weight is 406 g/mol. The van der Waals surface area contributed by atoms with Crippen molar-refractivity contribution >= 4 is 11.4 Å². The van der Waals surface area contributed by atoms with Gasteiger partial charge < -0.3 is 14.8 Å².